The number of hydrogen-bond donors (Lipinski definition) is 1. The van der Waals surface area contributed by atoms with Crippen molar-refractivity contribution in [1.82, 2.24) is 5.32 Å². The number of likely N-dealkylation sites (N-methyl/N-ethyl adjacent to an activating group) is 1. The molecule has 0 saturated heterocycles. The molecule has 0 spiro atoms. The number of carbonyl (C=O) groups excluding carboxylic acids is 1. The summed E-state index contributed by atoms with van der Waals surface area (Å²) in [6.07, 6.45) is 0. The number of para-hydroxylation sites is 1. The van der Waals surface area contributed by atoms with Gasteiger partial charge >= 0.3 is 0 Å². The van der Waals surface area contributed by atoms with Gasteiger partial charge in [-0.2, -0.15) is 0 Å². The SMILES string of the molecule is Cc1cc(C(=O)NCCN(C)c2ccccc2)ccc1[N+](=O)[O-]. The van der Waals surface area contributed by atoms with E-state index in [2.05, 4.69) is 5.32 Å². The predicted molar refractivity (Wildman–Crippen MR) is 89.9 cm³/mol. The molecule has 2 rings (SSSR count). The van der Waals surface area contributed by atoms with E-state index in [4.69, 9.17) is 0 Å². The molecule has 2 aromatic rings. The van der Waals surface area contributed by atoms with Gasteiger partial charge in [0.15, 0.2) is 0 Å². The fourth-order valence-corrected chi connectivity index (χ4v) is 2.25. The molecule has 6 nitrogen and oxygen atoms in total. The Bertz CT molecular complexity index is 701. The van der Waals surface area contributed by atoms with Crippen LogP contribution in [-0.4, -0.2) is 31.0 Å². The number of nitrogens with zero attached hydrogens (tertiary/aromatic N) is 2. The second-order valence-electron chi connectivity index (χ2n) is 5.27. The average molecular weight is 313 g/mol. The molecule has 0 fully saturated rings. The maximum absolute atomic E-state index is 12.1. The van der Waals surface area contributed by atoms with Crippen LogP contribution in [0, 0.1) is 17.0 Å². The van der Waals surface area contributed by atoms with Crippen LogP contribution in [-0.2, 0) is 0 Å². The Morgan fingerprint density at radius 3 is 2.52 bits per heavy atom. The average Bonchev–Trinajstić information content (AvgIpc) is 2.55. The Labute approximate surface area is 134 Å². The fourth-order valence-electron chi connectivity index (χ4n) is 2.25. The molecular formula is C17H19N3O3. The van der Waals surface area contributed by atoms with Gasteiger partial charge in [-0.25, -0.2) is 0 Å². The second kappa shape index (κ2) is 7.40. The van der Waals surface area contributed by atoms with E-state index in [9.17, 15) is 14.9 Å². The van der Waals surface area contributed by atoms with Crippen LogP contribution in [0.5, 0.6) is 0 Å². The van der Waals surface area contributed by atoms with E-state index in [0.29, 0.717) is 24.2 Å². The number of rotatable bonds is 6. The van der Waals surface area contributed by atoms with Crippen LogP contribution in [0.15, 0.2) is 48.5 Å². The van der Waals surface area contributed by atoms with Crippen molar-refractivity contribution in [3.8, 4) is 0 Å². The molecule has 23 heavy (non-hydrogen) atoms. The summed E-state index contributed by atoms with van der Waals surface area (Å²) in [4.78, 5) is 24.5. The minimum atomic E-state index is -0.453. The summed E-state index contributed by atoms with van der Waals surface area (Å²) in [6, 6.07) is 14.3. The Balaban J connectivity index is 1.90. The van der Waals surface area contributed by atoms with Gasteiger partial charge in [-0.1, -0.05) is 18.2 Å². The number of nitrogens with one attached hydrogen (secondary N) is 1. The van der Waals surface area contributed by atoms with E-state index in [0.717, 1.165) is 5.69 Å². The lowest BCUT2D eigenvalue weighted by Gasteiger charge is -2.19. The number of carbonyl (C=O) groups is 1. The minimum Gasteiger partial charge on any atom is -0.373 e. The standard InChI is InChI=1S/C17H19N3O3/c1-13-12-14(8-9-16(13)20(22)23)17(21)18-10-11-19(2)15-6-4-3-5-7-15/h3-9,12H,10-11H2,1-2H3,(H,18,21). The molecule has 0 bridgehead atoms. The number of hydrogen-bond acceptors (Lipinski definition) is 4. The number of amides is 1. The second-order valence-corrected chi connectivity index (χ2v) is 5.27. The molecule has 0 atom stereocenters. The van der Waals surface area contributed by atoms with Crippen LogP contribution in [0.2, 0.25) is 0 Å². The molecular weight excluding hydrogens is 294 g/mol. The number of anilines is 1. The Kier molecular flexibility index (Phi) is 5.30. The van der Waals surface area contributed by atoms with Gasteiger partial charge in [0.05, 0.1) is 4.92 Å². The van der Waals surface area contributed by atoms with Gasteiger partial charge in [0.2, 0.25) is 0 Å². The summed E-state index contributed by atoms with van der Waals surface area (Å²) < 4.78 is 0. The van der Waals surface area contributed by atoms with Gasteiger partial charge in [0.25, 0.3) is 11.6 Å². The zero-order valence-electron chi connectivity index (χ0n) is 13.2. The summed E-state index contributed by atoms with van der Waals surface area (Å²) in [7, 11) is 1.96. The molecule has 1 amide bonds. The highest BCUT2D eigenvalue weighted by atomic mass is 16.6. The van der Waals surface area contributed by atoms with Gasteiger partial charge < -0.3 is 10.2 Å². The monoisotopic (exact) mass is 313 g/mol. The Morgan fingerprint density at radius 2 is 1.91 bits per heavy atom. The minimum absolute atomic E-state index is 0.0189. The molecule has 0 aromatic heterocycles. The van der Waals surface area contributed by atoms with E-state index in [1.807, 2.05) is 42.3 Å². The van der Waals surface area contributed by atoms with Crippen molar-refractivity contribution in [2.75, 3.05) is 25.0 Å². The third-order valence-corrected chi connectivity index (χ3v) is 3.59. The topological polar surface area (TPSA) is 75.5 Å². The lowest BCUT2D eigenvalue weighted by Crippen LogP contribution is -2.33. The number of nitro groups is 1. The van der Waals surface area contributed by atoms with E-state index in [1.165, 1.54) is 18.2 Å². The molecule has 1 N–H and O–H groups in total. The third kappa shape index (κ3) is 4.29. The summed E-state index contributed by atoms with van der Waals surface area (Å²) in [5.41, 5.74) is 2.00. The lowest BCUT2D eigenvalue weighted by atomic mass is 10.1. The molecule has 0 unspecified atom stereocenters. The van der Waals surface area contributed by atoms with Crippen LogP contribution in [0.3, 0.4) is 0 Å². The zero-order valence-corrected chi connectivity index (χ0v) is 13.2. The molecule has 0 saturated carbocycles. The molecule has 2 aromatic carbocycles. The van der Waals surface area contributed by atoms with Crippen molar-refractivity contribution < 1.29 is 9.72 Å². The van der Waals surface area contributed by atoms with Gasteiger partial charge in [-0.05, 0) is 31.2 Å². The van der Waals surface area contributed by atoms with Crippen molar-refractivity contribution in [2.45, 2.75) is 6.92 Å². The molecule has 0 aliphatic carbocycles. The number of aryl methyl sites for hydroxylation is 1. The van der Waals surface area contributed by atoms with Crippen LogP contribution in [0.25, 0.3) is 0 Å². The third-order valence-electron chi connectivity index (χ3n) is 3.59. The number of benzene rings is 2. The predicted octanol–water partition coefficient (Wildman–Crippen LogP) is 2.77. The van der Waals surface area contributed by atoms with Gasteiger partial charge in [-0.15, -0.1) is 0 Å². The first-order chi connectivity index (χ1) is 11.0. The molecule has 0 aliphatic heterocycles. The maximum Gasteiger partial charge on any atom is 0.272 e. The highest BCUT2D eigenvalue weighted by Crippen LogP contribution is 2.18. The van der Waals surface area contributed by atoms with Crippen LogP contribution in [0.4, 0.5) is 11.4 Å². The first-order valence-electron chi connectivity index (χ1n) is 7.28. The van der Waals surface area contributed by atoms with E-state index in [-0.39, 0.29) is 11.6 Å². The summed E-state index contributed by atoms with van der Waals surface area (Å²) >= 11 is 0. The highest BCUT2D eigenvalue weighted by Gasteiger charge is 2.13. The summed E-state index contributed by atoms with van der Waals surface area (Å²) in [6.45, 7) is 2.78. The first-order valence-corrected chi connectivity index (χ1v) is 7.28. The molecule has 6 heteroatoms. The van der Waals surface area contributed by atoms with Crippen molar-refractivity contribution in [3.63, 3.8) is 0 Å². The van der Waals surface area contributed by atoms with Gasteiger partial charge in [0, 0.05) is 43.0 Å². The Morgan fingerprint density at radius 1 is 1.22 bits per heavy atom. The smallest absolute Gasteiger partial charge is 0.272 e. The maximum atomic E-state index is 12.1. The lowest BCUT2D eigenvalue weighted by molar-refractivity contribution is -0.385. The van der Waals surface area contributed by atoms with E-state index in [1.54, 1.807) is 6.92 Å². The van der Waals surface area contributed by atoms with Crippen molar-refractivity contribution in [2.24, 2.45) is 0 Å². The highest BCUT2D eigenvalue weighted by molar-refractivity contribution is 5.94. The van der Waals surface area contributed by atoms with E-state index < -0.39 is 4.92 Å². The molecule has 0 aliphatic rings. The Hall–Kier alpha value is -2.89. The molecule has 0 heterocycles. The van der Waals surface area contributed by atoms with Gasteiger partial charge in [0.1, 0.15) is 0 Å². The number of nitro benzene ring substituents is 1. The molecule has 120 valence electrons. The van der Waals surface area contributed by atoms with Crippen molar-refractivity contribution in [1.29, 1.82) is 0 Å². The van der Waals surface area contributed by atoms with Crippen molar-refractivity contribution in [3.05, 3.63) is 69.8 Å². The largest absolute Gasteiger partial charge is 0.373 e. The summed E-state index contributed by atoms with van der Waals surface area (Å²) in [5.74, 6) is -0.232. The summed E-state index contributed by atoms with van der Waals surface area (Å²) in [5, 5.41) is 13.6. The quantitative estimate of drug-likeness (QED) is 0.657. The van der Waals surface area contributed by atoms with Crippen LogP contribution in [0.1, 0.15) is 15.9 Å². The van der Waals surface area contributed by atoms with Crippen molar-refractivity contribution >= 4 is 17.3 Å². The van der Waals surface area contributed by atoms with Gasteiger partial charge in [-0.3, -0.25) is 14.9 Å². The fraction of sp³-hybridized carbons (Fsp3) is 0.235. The first kappa shape index (κ1) is 16.5. The van der Waals surface area contributed by atoms with Crippen LogP contribution < -0.4 is 10.2 Å². The normalized spacial score (nSPS) is 10.2. The molecule has 0 radical (unpaired) electrons. The zero-order chi connectivity index (χ0) is 16.8. The van der Waals surface area contributed by atoms with Crippen LogP contribution >= 0.6 is 0 Å². The van der Waals surface area contributed by atoms with E-state index >= 15 is 0 Å².